The predicted molar refractivity (Wildman–Crippen MR) is 141 cm³/mol. The normalized spacial score (nSPS) is 25.7. The largest absolute Gasteiger partial charge is 0.274 e. The molecule has 4 aromatic rings. The maximum absolute atomic E-state index is 14.3. The summed E-state index contributed by atoms with van der Waals surface area (Å²) in [7, 11) is 0. The van der Waals surface area contributed by atoms with E-state index in [0.29, 0.717) is 5.69 Å². The first-order valence-electron chi connectivity index (χ1n) is 12.3. The Morgan fingerprint density at radius 1 is 0.722 bits per heavy atom. The number of carbonyl (C=O) groups excluding carboxylic acids is 2. The summed E-state index contributed by atoms with van der Waals surface area (Å²) in [5, 5.41) is 0. The standard InChI is InChI=1S/C32H24N2O2/c1-20-15-17-21(18-16-20)33-19-32-25-13-7-5-11-23(25)27(24-12-6-8-14-26(24)32)28-29(32)31(36)34(30(28)35)22-9-3-2-4-10-22/h2-19,27-29H,1H3. The number of hydrogen-bond donors (Lipinski definition) is 0. The Morgan fingerprint density at radius 3 is 1.94 bits per heavy atom. The third kappa shape index (κ3) is 2.67. The van der Waals surface area contributed by atoms with E-state index in [0.717, 1.165) is 33.5 Å². The van der Waals surface area contributed by atoms with Gasteiger partial charge in [0.25, 0.3) is 0 Å². The molecule has 4 nitrogen and oxygen atoms in total. The second kappa shape index (κ2) is 7.59. The molecule has 3 aliphatic carbocycles. The molecule has 174 valence electrons. The van der Waals surface area contributed by atoms with Crippen LogP contribution in [-0.4, -0.2) is 18.0 Å². The quantitative estimate of drug-likeness (QED) is 0.276. The van der Waals surface area contributed by atoms with Crippen LogP contribution in [0.3, 0.4) is 0 Å². The lowest BCUT2D eigenvalue weighted by atomic mass is 9.47. The number of benzene rings is 4. The van der Waals surface area contributed by atoms with Gasteiger partial charge in [-0.2, -0.15) is 0 Å². The van der Waals surface area contributed by atoms with Gasteiger partial charge in [-0.3, -0.25) is 14.6 Å². The minimum absolute atomic E-state index is 0.127. The van der Waals surface area contributed by atoms with Crippen LogP contribution in [0.15, 0.2) is 108 Å². The van der Waals surface area contributed by atoms with Gasteiger partial charge in [-0.1, -0.05) is 84.4 Å². The number of aryl methyl sites for hydroxylation is 1. The third-order valence-corrected chi connectivity index (χ3v) is 8.15. The molecule has 2 atom stereocenters. The van der Waals surface area contributed by atoms with E-state index in [-0.39, 0.29) is 17.7 Å². The number of amides is 2. The van der Waals surface area contributed by atoms with Gasteiger partial charge in [-0.15, -0.1) is 0 Å². The lowest BCUT2D eigenvalue weighted by Crippen LogP contribution is -2.54. The number of nitrogens with zero attached hydrogens (tertiary/aromatic N) is 2. The second-order valence-electron chi connectivity index (χ2n) is 9.97. The molecule has 0 spiro atoms. The molecule has 1 heterocycles. The molecule has 0 N–H and O–H groups in total. The van der Waals surface area contributed by atoms with Crippen molar-refractivity contribution in [2.75, 3.05) is 4.90 Å². The highest BCUT2D eigenvalue weighted by molar-refractivity contribution is 6.25. The first-order chi connectivity index (χ1) is 17.6. The molecule has 4 aliphatic rings. The molecular formula is C32H24N2O2. The van der Waals surface area contributed by atoms with Crippen LogP contribution in [0.4, 0.5) is 11.4 Å². The first-order valence-corrected chi connectivity index (χ1v) is 12.3. The Morgan fingerprint density at radius 2 is 1.31 bits per heavy atom. The van der Waals surface area contributed by atoms with Crippen LogP contribution >= 0.6 is 0 Å². The fourth-order valence-electron chi connectivity index (χ4n) is 6.69. The van der Waals surface area contributed by atoms with E-state index in [1.807, 2.05) is 92.0 Å². The van der Waals surface area contributed by atoms with Crippen LogP contribution in [0.2, 0.25) is 0 Å². The first kappa shape index (κ1) is 21.0. The molecule has 2 unspecified atom stereocenters. The SMILES string of the molecule is Cc1ccc(N=CC23c4ccccc4C(c4ccccc42)C2C(=O)N(c4ccccc4)C(=O)C23)cc1. The van der Waals surface area contributed by atoms with Crippen molar-refractivity contribution in [3.63, 3.8) is 0 Å². The van der Waals surface area contributed by atoms with Crippen molar-refractivity contribution in [1.29, 1.82) is 0 Å². The number of hydrogen-bond acceptors (Lipinski definition) is 3. The summed E-state index contributed by atoms with van der Waals surface area (Å²) >= 11 is 0. The van der Waals surface area contributed by atoms with Crippen LogP contribution in [0.1, 0.15) is 33.7 Å². The van der Waals surface area contributed by atoms with Gasteiger partial charge in [0.1, 0.15) is 0 Å². The van der Waals surface area contributed by atoms with Gasteiger partial charge >= 0.3 is 0 Å². The molecule has 1 aliphatic heterocycles. The van der Waals surface area contributed by atoms with Crippen molar-refractivity contribution < 1.29 is 9.59 Å². The predicted octanol–water partition coefficient (Wildman–Crippen LogP) is 5.95. The number of aliphatic imine (C=N–C) groups is 1. The topological polar surface area (TPSA) is 49.7 Å². The van der Waals surface area contributed by atoms with Crippen LogP contribution in [-0.2, 0) is 15.0 Å². The fourth-order valence-corrected chi connectivity index (χ4v) is 6.69. The molecular weight excluding hydrogens is 444 g/mol. The van der Waals surface area contributed by atoms with E-state index in [4.69, 9.17) is 4.99 Å². The molecule has 4 heteroatoms. The van der Waals surface area contributed by atoms with Gasteiger partial charge in [-0.25, -0.2) is 4.90 Å². The molecule has 0 saturated carbocycles. The van der Waals surface area contributed by atoms with Gasteiger partial charge in [0.15, 0.2) is 0 Å². The number of carbonyl (C=O) groups is 2. The zero-order chi connectivity index (χ0) is 24.4. The molecule has 4 aromatic carbocycles. The van der Waals surface area contributed by atoms with Crippen LogP contribution in [0, 0.1) is 18.8 Å². The minimum atomic E-state index is -0.840. The highest BCUT2D eigenvalue weighted by atomic mass is 16.2. The summed E-state index contributed by atoms with van der Waals surface area (Å²) in [6, 6.07) is 33.9. The zero-order valence-electron chi connectivity index (χ0n) is 19.8. The minimum Gasteiger partial charge on any atom is -0.274 e. The summed E-state index contributed by atoms with van der Waals surface area (Å²) in [5.41, 5.74) is 6.15. The Bertz CT molecular complexity index is 1510. The fraction of sp³-hybridized carbons (Fsp3) is 0.156. The lowest BCUT2D eigenvalue weighted by Gasteiger charge is -2.52. The molecule has 8 rings (SSSR count). The average molecular weight is 469 g/mol. The van der Waals surface area contributed by atoms with Crippen molar-refractivity contribution in [2.45, 2.75) is 18.3 Å². The Balaban J connectivity index is 1.51. The van der Waals surface area contributed by atoms with Crippen LogP contribution < -0.4 is 4.90 Å². The average Bonchev–Trinajstić information content (AvgIpc) is 3.20. The summed E-state index contributed by atoms with van der Waals surface area (Å²) in [6.07, 6.45) is 1.95. The van der Waals surface area contributed by atoms with Crippen molar-refractivity contribution >= 4 is 29.4 Å². The monoisotopic (exact) mass is 468 g/mol. The lowest BCUT2D eigenvalue weighted by molar-refractivity contribution is -0.122. The van der Waals surface area contributed by atoms with Crippen LogP contribution in [0.25, 0.3) is 0 Å². The molecule has 2 bridgehead atoms. The van der Waals surface area contributed by atoms with Crippen molar-refractivity contribution in [1.82, 2.24) is 0 Å². The van der Waals surface area contributed by atoms with E-state index in [1.165, 1.54) is 4.90 Å². The zero-order valence-corrected chi connectivity index (χ0v) is 19.8. The van der Waals surface area contributed by atoms with Gasteiger partial charge < -0.3 is 0 Å². The molecule has 1 saturated heterocycles. The van der Waals surface area contributed by atoms with Crippen LogP contribution in [0.5, 0.6) is 0 Å². The highest BCUT2D eigenvalue weighted by Crippen LogP contribution is 2.63. The summed E-state index contributed by atoms with van der Waals surface area (Å²) in [4.78, 5) is 34.7. The number of imide groups is 1. The Kier molecular flexibility index (Phi) is 4.43. The van der Waals surface area contributed by atoms with Gasteiger partial charge in [0, 0.05) is 12.1 Å². The summed E-state index contributed by atoms with van der Waals surface area (Å²) < 4.78 is 0. The van der Waals surface area contributed by atoms with E-state index in [1.54, 1.807) is 0 Å². The van der Waals surface area contributed by atoms with Gasteiger partial charge in [0.05, 0.1) is 28.6 Å². The maximum atomic E-state index is 14.3. The maximum Gasteiger partial charge on any atom is 0.239 e. The summed E-state index contributed by atoms with van der Waals surface area (Å²) in [6.45, 7) is 2.05. The molecule has 1 fully saturated rings. The van der Waals surface area contributed by atoms with E-state index >= 15 is 0 Å². The number of anilines is 1. The summed E-state index contributed by atoms with van der Waals surface area (Å²) in [5.74, 6) is -1.48. The van der Waals surface area contributed by atoms with Crippen molar-refractivity contribution in [3.05, 3.63) is 131 Å². The van der Waals surface area contributed by atoms with E-state index < -0.39 is 17.3 Å². The molecule has 0 aromatic heterocycles. The molecule has 2 amide bonds. The van der Waals surface area contributed by atoms with Gasteiger partial charge in [0.2, 0.25) is 11.8 Å². The molecule has 0 radical (unpaired) electrons. The Hall–Kier alpha value is -4.31. The third-order valence-electron chi connectivity index (χ3n) is 8.15. The van der Waals surface area contributed by atoms with E-state index in [9.17, 15) is 9.59 Å². The Labute approximate surface area is 209 Å². The van der Waals surface area contributed by atoms with Gasteiger partial charge in [-0.05, 0) is 53.4 Å². The van der Waals surface area contributed by atoms with E-state index in [2.05, 4.69) is 24.3 Å². The van der Waals surface area contributed by atoms with Crippen molar-refractivity contribution in [2.24, 2.45) is 16.8 Å². The smallest absolute Gasteiger partial charge is 0.239 e. The van der Waals surface area contributed by atoms with Crippen molar-refractivity contribution in [3.8, 4) is 0 Å². The second-order valence-corrected chi connectivity index (χ2v) is 9.97. The number of rotatable bonds is 3. The molecule has 36 heavy (non-hydrogen) atoms. The number of para-hydroxylation sites is 1. The highest BCUT2D eigenvalue weighted by Gasteiger charge is 2.67.